The van der Waals surface area contributed by atoms with Crippen molar-refractivity contribution < 1.29 is 9.18 Å². The Bertz CT molecular complexity index is 432. The zero-order valence-electron chi connectivity index (χ0n) is 12.5. The fourth-order valence-electron chi connectivity index (χ4n) is 2.40. The average molecular weight is 300 g/mol. The molecule has 0 unspecified atom stereocenters. The number of hydrogen-bond acceptors (Lipinski definition) is 1. The van der Waals surface area contributed by atoms with E-state index in [4.69, 9.17) is 11.6 Å². The molecule has 2 nitrogen and oxygen atoms in total. The van der Waals surface area contributed by atoms with Gasteiger partial charge in [0.1, 0.15) is 5.82 Å². The second kappa shape index (κ2) is 7.63. The molecule has 112 valence electrons. The van der Waals surface area contributed by atoms with Gasteiger partial charge < -0.3 is 5.32 Å². The predicted octanol–water partition coefficient (Wildman–Crippen LogP) is 4.07. The zero-order valence-corrected chi connectivity index (χ0v) is 13.3. The summed E-state index contributed by atoms with van der Waals surface area (Å²) >= 11 is 5.92. The van der Waals surface area contributed by atoms with E-state index >= 15 is 0 Å². The summed E-state index contributed by atoms with van der Waals surface area (Å²) in [7, 11) is 0. The van der Waals surface area contributed by atoms with Crippen LogP contribution in [0.1, 0.15) is 33.3 Å². The van der Waals surface area contributed by atoms with Crippen molar-refractivity contribution in [1.29, 1.82) is 0 Å². The molecule has 1 aromatic rings. The van der Waals surface area contributed by atoms with Gasteiger partial charge in [0, 0.05) is 17.1 Å². The topological polar surface area (TPSA) is 29.1 Å². The minimum atomic E-state index is -0.433. The Hall–Kier alpha value is -1.09. The molecule has 0 bridgehead atoms. The highest BCUT2D eigenvalue weighted by atomic mass is 35.5. The maximum absolute atomic E-state index is 13.6. The van der Waals surface area contributed by atoms with Crippen LogP contribution < -0.4 is 5.32 Å². The van der Waals surface area contributed by atoms with Gasteiger partial charge in [0.2, 0.25) is 5.91 Å². The van der Waals surface area contributed by atoms with Crippen molar-refractivity contribution in [3.63, 3.8) is 0 Å². The van der Waals surface area contributed by atoms with Crippen LogP contribution in [0, 0.1) is 23.6 Å². The molecule has 1 N–H and O–H groups in total. The first kappa shape index (κ1) is 17.0. The van der Waals surface area contributed by atoms with Crippen LogP contribution in [0.2, 0.25) is 5.02 Å². The first-order chi connectivity index (χ1) is 9.32. The smallest absolute Gasteiger partial charge is 0.224 e. The lowest BCUT2D eigenvalue weighted by Gasteiger charge is -2.25. The van der Waals surface area contributed by atoms with Crippen LogP contribution in [0.3, 0.4) is 0 Å². The van der Waals surface area contributed by atoms with Crippen LogP contribution in [0.5, 0.6) is 0 Å². The standard InChI is InChI=1S/C16H23ClFNO/c1-10(2)13(11(3)4)9-19-16(20)8-12-14(17)6-5-7-15(12)18/h5-7,10-11,13H,8-9H2,1-4H3,(H,19,20). The molecule has 4 heteroatoms. The molecule has 1 amide bonds. The molecule has 0 aliphatic carbocycles. The molecular formula is C16H23ClFNO. The maximum Gasteiger partial charge on any atom is 0.224 e. The third-order valence-electron chi connectivity index (χ3n) is 3.65. The van der Waals surface area contributed by atoms with E-state index in [0.717, 1.165) is 0 Å². The summed E-state index contributed by atoms with van der Waals surface area (Å²) in [5.74, 6) is 0.773. The lowest BCUT2D eigenvalue weighted by atomic mass is 9.85. The van der Waals surface area contributed by atoms with Crippen LogP contribution in [0.25, 0.3) is 0 Å². The number of benzene rings is 1. The molecule has 0 spiro atoms. The fourth-order valence-corrected chi connectivity index (χ4v) is 2.63. The van der Waals surface area contributed by atoms with Crippen LogP contribution in [-0.2, 0) is 11.2 Å². The second-order valence-corrected chi connectivity index (χ2v) is 6.24. The number of amides is 1. The summed E-state index contributed by atoms with van der Waals surface area (Å²) in [5.41, 5.74) is 0.261. The van der Waals surface area contributed by atoms with E-state index in [0.29, 0.717) is 29.3 Å². The number of carbonyl (C=O) groups excluding carboxylic acids is 1. The summed E-state index contributed by atoms with van der Waals surface area (Å²) in [5, 5.41) is 3.18. The number of rotatable bonds is 6. The van der Waals surface area contributed by atoms with Gasteiger partial charge in [-0.15, -0.1) is 0 Å². The van der Waals surface area contributed by atoms with Crippen molar-refractivity contribution in [1.82, 2.24) is 5.32 Å². The molecule has 0 radical (unpaired) electrons. The molecule has 0 atom stereocenters. The predicted molar refractivity (Wildman–Crippen MR) is 81.3 cm³/mol. The van der Waals surface area contributed by atoms with Crippen LogP contribution in [0.15, 0.2) is 18.2 Å². The number of nitrogens with one attached hydrogen (secondary N) is 1. The van der Waals surface area contributed by atoms with Crippen molar-refractivity contribution in [2.45, 2.75) is 34.1 Å². The first-order valence-corrected chi connectivity index (χ1v) is 7.40. The molecule has 0 heterocycles. The Kier molecular flexibility index (Phi) is 6.47. The Morgan fingerprint density at radius 2 is 1.85 bits per heavy atom. The summed E-state index contributed by atoms with van der Waals surface area (Å²) in [4.78, 5) is 11.9. The number of halogens is 2. The average Bonchev–Trinajstić information content (AvgIpc) is 2.33. The van der Waals surface area contributed by atoms with Gasteiger partial charge >= 0.3 is 0 Å². The highest BCUT2D eigenvalue weighted by Gasteiger charge is 2.19. The van der Waals surface area contributed by atoms with Gasteiger partial charge in [0.25, 0.3) is 0 Å². The normalized spacial score (nSPS) is 11.4. The van der Waals surface area contributed by atoms with E-state index in [1.165, 1.54) is 12.1 Å². The van der Waals surface area contributed by atoms with E-state index in [1.807, 2.05) is 0 Å². The van der Waals surface area contributed by atoms with Crippen LogP contribution >= 0.6 is 11.6 Å². The monoisotopic (exact) mass is 299 g/mol. The Balaban J connectivity index is 2.60. The number of hydrogen-bond donors (Lipinski definition) is 1. The minimum absolute atomic E-state index is 0.0194. The summed E-state index contributed by atoms with van der Waals surface area (Å²) in [6.45, 7) is 9.18. The van der Waals surface area contributed by atoms with Crippen molar-refractivity contribution in [2.75, 3.05) is 6.54 Å². The largest absolute Gasteiger partial charge is 0.356 e. The van der Waals surface area contributed by atoms with Gasteiger partial charge in [-0.25, -0.2) is 4.39 Å². The van der Waals surface area contributed by atoms with Gasteiger partial charge in [0.15, 0.2) is 0 Å². The molecule has 0 saturated carbocycles. The van der Waals surface area contributed by atoms with E-state index in [1.54, 1.807) is 6.07 Å². The van der Waals surface area contributed by atoms with E-state index in [2.05, 4.69) is 33.0 Å². The molecule has 0 aliphatic heterocycles. The zero-order chi connectivity index (χ0) is 15.3. The molecule has 0 aliphatic rings. The molecule has 0 fully saturated rings. The highest BCUT2D eigenvalue weighted by Crippen LogP contribution is 2.21. The second-order valence-electron chi connectivity index (χ2n) is 5.83. The summed E-state index contributed by atoms with van der Waals surface area (Å²) in [6.07, 6.45) is -0.0194. The SMILES string of the molecule is CC(C)C(CNC(=O)Cc1c(F)cccc1Cl)C(C)C. The molecule has 0 saturated heterocycles. The van der Waals surface area contributed by atoms with E-state index in [-0.39, 0.29) is 17.9 Å². The Labute approximate surface area is 125 Å². The lowest BCUT2D eigenvalue weighted by Crippen LogP contribution is -2.34. The Morgan fingerprint density at radius 1 is 1.25 bits per heavy atom. The van der Waals surface area contributed by atoms with Crippen molar-refractivity contribution >= 4 is 17.5 Å². The molecule has 0 aromatic heterocycles. The molecule has 20 heavy (non-hydrogen) atoms. The van der Waals surface area contributed by atoms with E-state index < -0.39 is 5.82 Å². The van der Waals surface area contributed by atoms with E-state index in [9.17, 15) is 9.18 Å². The molecule has 1 aromatic carbocycles. The number of carbonyl (C=O) groups is 1. The van der Waals surface area contributed by atoms with Crippen molar-refractivity contribution in [3.8, 4) is 0 Å². The quantitative estimate of drug-likeness (QED) is 0.843. The minimum Gasteiger partial charge on any atom is -0.356 e. The van der Waals surface area contributed by atoms with Crippen molar-refractivity contribution in [3.05, 3.63) is 34.6 Å². The Morgan fingerprint density at radius 3 is 2.35 bits per heavy atom. The maximum atomic E-state index is 13.6. The summed E-state index contributed by atoms with van der Waals surface area (Å²) < 4.78 is 13.6. The molecular weight excluding hydrogens is 277 g/mol. The van der Waals surface area contributed by atoms with Gasteiger partial charge in [-0.05, 0) is 29.9 Å². The summed E-state index contributed by atoms with van der Waals surface area (Å²) in [6, 6.07) is 4.45. The van der Waals surface area contributed by atoms with Crippen molar-refractivity contribution in [2.24, 2.45) is 17.8 Å². The fraction of sp³-hybridized carbons (Fsp3) is 0.562. The third kappa shape index (κ3) is 4.78. The van der Waals surface area contributed by atoms with Gasteiger partial charge in [-0.2, -0.15) is 0 Å². The van der Waals surface area contributed by atoms with Gasteiger partial charge in [-0.3, -0.25) is 4.79 Å². The van der Waals surface area contributed by atoms with Crippen LogP contribution in [-0.4, -0.2) is 12.5 Å². The van der Waals surface area contributed by atoms with Gasteiger partial charge in [-0.1, -0.05) is 45.4 Å². The highest BCUT2D eigenvalue weighted by molar-refractivity contribution is 6.31. The van der Waals surface area contributed by atoms with Crippen LogP contribution in [0.4, 0.5) is 4.39 Å². The third-order valence-corrected chi connectivity index (χ3v) is 4.00. The first-order valence-electron chi connectivity index (χ1n) is 7.02. The molecule has 1 rings (SSSR count). The van der Waals surface area contributed by atoms with Gasteiger partial charge in [0.05, 0.1) is 6.42 Å². The lowest BCUT2D eigenvalue weighted by molar-refractivity contribution is -0.120.